The maximum absolute atomic E-state index is 12.7. The van der Waals surface area contributed by atoms with E-state index in [0.29, 0.717) is 17.9 Å². The monoisotopic (exact) mass is 400 g/mol. The third-order valence-corrected chi connectivity index (χ3v) is 5.29. The molecular weight excluding hydrogens is 388 g/mol. The standard InChI is InChI=1S/C17H13BrN4OS/c18-13-2-1-3-14(9-13)21-10-20-17-22(11-21)16(23)15(24-17)8-12-4-6-19-7-5-12/h1-9H,10-11H2/b15-8-. The summed E-state index contributed by atoms with van der Waals surface area (Å²) < 4.78 is 3.42. The summed E-state index contributed by atoms with van der Waals surface area (Å²) in [5.41, 5.74) is 2.00. The summed E-state index contributed by atoms with van der Waals surface area (Å²) in [6.07, 6.45) is 5.33. The van der Waals surface area contributed by atoms with E-state index in [2.05, 4.69) is 30.8 Å². The highest BCUT2D eigenvalue weighted by molar-refractivity contribution is 9.10. The highest BCUT2D eigenvalue weighted by Crippen LogP contribution is 2.20. The molecule has 0 radical (unpaired) electrons. The zero-order chi connectivity index (χ0) is 16.5. The van der Waals surface area contributed by atoms with E-state index in [-0.39, 0.29) is 5.56 Å². The van der Waals surface area contributed by atoms with Crippen molar-refractivity contribution in [3.05, 3.63) is 78.5 Å². The van der Waals surface area contributed by atoms with Gasteiger partial charge in [0.1, 0.15) is 13.3 Å². The fourth-order valence-corrected chi connectivity index (χ4v) is 3.91. The molecule has 7 heteroatoms. The summed E-state index contributed by atoms with van der Waals surface area (Å²) >= 11 is 4.91. The third-order valence-electron chi connectivity index (χ3n) is 3.75. The van der Waals surface area contributed by atoms with Gasteiger partial charge in [0.05, 0.1) is 4.53 Å². The number of aromatic nitrogens is 2. The van der Waals surface area contributed by atoms with Crippen LogP contribution in [0, 0.1) is 0 Å². The molecule has 0 bridgehead atoms. The van der Waals surface area contributed by atoms with Crippen LogP contribution in [0.2, 0.25) is 0 Å². The van der Waals surface area contributed by atoms with Crippen LogP contribution in [-0.2, 0) is 6.67 Å². The van der Waals surface area contributed by atoms with Gasteiger partial charge in [-0.25, -0.2) is 4.99 Å². The Bertz CT molecular complexity index is 1060. The van der Waals surface area contributed by atoms with Gasteiger partial charge in [-0.2, -0.15) is 0 Å². The van der Waals surface area contributed by atoms with Crippen molar-refractivity contribution in [3.63, 3.8) is 0 Å². The Balaban J connectivity index is 1.73. The topological polar surface area (TPSA) is 50.5 Å². The number of pyridine rings is 1. The van der Waals surface area contributed by atoms with Gasteiger partial charge in [0.15, 0.2) is 4.80 Å². The molecule has 0 unspecified atom stereocenters. The molecular formula is C17H13BrN4OS. The molecule has 0 aliphatic carbocycles. The smallest absolute Gasteiger partial charge is 0.271 e. The van der Waals surface area contributed by atoms with E-state index in [9.17, 15) is 4.79 Å². The summed E-state index contributed by atoms with van der Waals surface area (Å²) in [6.45, 7) is 1.06. The lowest BCUT2D eigenvalue weighted by Crippen LogP contribution is -2.42. The Kier molecular flexibility index (Phi) is 4.03. The molecule has 2 aromatic heterocycles. The predicted molar refractivity (Wildman–Crippen MR) is 98.7 cm³/mol. The molecule has 24 heavy (non-hydrogen) atoms. The SMILES string of the molecule is O=c1/c(=C/c2ccncc2)sc2n1CN(c1cccc(Br)c1)CN=2. The Morgan fingerprint density at radius 1 is 1.21 bits per heavy atom. The summed E-state index contributed by atoms with van der Waals surface area (Å²) in [7, 11) is 0. The number of hydrogen-bond donors (Lipinski definition) is 0. The molecule has 5 nitrogen and oxygen atoms in total. The van der Waals surface area contributed by atoms with E-state index in [1.165, 1.54) is 11.3 Å². The molecule has 0 fully saturated rings. The quantitative estimate of drug-likeness (QED) is 0.660. The van der Waals surface area contributed by atoms with Gasteiger partial charge < -0.3 is 4.90 Å². The minimum absolute atomic E-state index is 0.00439. The first-order valence-corrected chi connectivity index (χ1v) is 8.98. The van der Waals surface area contributed by atoms with Crippen molar-refractivity contribution in [2.75, 3.05) is 11.6 Å². The molecule has 120 valence electrons. The van der Waals surface area contributed by atoms with E-state index in [1.807, 2.05) is 42.5 Å². The van der Waals surface area contributed by atoms with Gasteiger partial charge in [-0.15, -0.1) is 0 Å². The zero-order valence-corrected chi connectivity index (χ0v) is 15.0. The van der Waals surface area contributed by atoms with Crippen LogP contribution >= 0.6 is 27.3 Å². The summed E-state index contributed by atoms with van der Waals surface area (Å²) in [4.78, 5) is 24.1. The van der Waals surface area contributed by atoms with Crippen molar-refractivity contribution in [2.45, 2.75) is 6.67 Å². The Morgan fingerprint density at radius 3 is 2.83 bits per heavy atom. The molecule has 1 aliphatic rings. The van der Waals surface area contributed by atoms with Gasteiger partial charge >= 0.3 is 0 Å². The van der Waals surface area contributed by atoms with Gasteiger partial charge in [-0.1, -0.05) is 33.3 Å². The van der Waals surface area contributed by atoms with Crippen molar-refractivity contribution in [2.24, 2.45) is 4.99 Å². The van der Waals surface area contributed by atoms with Gasteiger partial charge in [0.25, 0.3) is 5.56 Å². The third kappa shape index (κ3) is 2.92. The number of hydrogen-bond acceptors (Lipinski definition) is 5. The van der Waals surface area contributed by atoms with Crippen molar-refractivity contribution in [1.82, 2.24) is 9.55 Å². The summed E-state index contributed by atoms with van der Waals surface area (Å²) in [5, 5.41) is 0. The number of thiazole rings is 1. The summed E-state index contributed by atoms with van der Waals surface area (Å²) in [5.74, 6) is 0. The van der Waals surface area contributed by atoms with Crippen LogP contribution in [-0.4, -0.2) is 16.2 Å². The minimum atomic E-state index is -0.00439. The van der Waals surface area contributed by atoms with Crippen LogP contribution in [0.5, 0.6) is 0 Å². The molecule has 1 aliphatic heterocycles. The highest BCUT2D eigenvalue weighted by atomic mass is 79.9. The average Bonchev–Trinajstić information content (AvgIpc) is 2.91. The molecule has 0 spiro atoms. The fourth-order valence-electron chi connectivity index (χ4n) is 2.56. The lowest BCUT2D eigenvalue weighted by atomic mass is 10.2. The minimum Gasteiger partial charge on any atom is -0.334 e. The first kappa shape index (κ1) is 15.3. The Hall–Kier alpha value is -2.25. The van der Waals surface area contributed by atoms with Gasteiger partial charge in [-0.3, -0.25) is 14.3 Å². The molecule has 0 N–H and O–H groups in total. The molecule has 4 rings (SSSR count). The molecule has 0 atom stereocenters. The Morgan fingerprint density at radius 2 is 2.04 bits per heavy atom. The predicted octanol–water partition coefficient (Wildman–Crippen LogP) is 1.95. The van der Waals surface area contributed by atoms with E-state index in [0.717, 1.165) is 20.5 Å². The first-order chi connectivity index (χ1) is 11.7. The number of rotatable bonds is 2. The van der Waals surface area contributed by atoms with Crippen LogP contribution in [0.25, 0.3) is 6.08 Å². The maximum atomic E-state index is 12.7. The average molecular weight is 401 g/mol. The lowest BCUT2D eigenvalue weighted by Gasteiger charge is -2.25. The number of benzene rings is 1. The second-order valence-electron chi connectivity index (χ2n) is 5.37. The van der Waals surface area contributed by atoms with Crippen molar-refractivity contribution < 1.29 is 0 Å². The summed E-state index contributed by atoms with van der Waals surface area (Å²) in [6, 6.07) is 11.8. The van der Waals surface area contributed by atoms with Gasteiger partial charge in [0, 0.05) is 22.6 Å². The molecule has 0 amide bonds. The van der Waals surface area contributed by atoms with E-state index in [4.69, 9.17) is 0 Å². The molecule has 1 aromatic carbocycles. The van der Waals surface area contributed by atoms with Crippen LogP contribution in [0.15, 0.2) is 63.1 Å². The van der Waals surface area contributed by atoms with Crippen molar-refractivity contribution in [3.8, 4) is 0 Å². The lowest BCUT2D eigenvalue weighted by molar-refractivity contribution is 0.569. The van der Waals surface area contributed by atoms with E-state index >= 15 is 0 Å². The number of anilines is 1. The van der Waals surface area contributed by atoms with E-state index in [1.54, 1.807) is 17.0 Å². The Labute approximate surface area is 150 Å². The number of halogens is 1. The fraction of sp³-hybridized carbons (Fsp3) is 0.118. The number of fused-ring (bicyclic) bond motifs is 1. The van der Waals surface area contributed by atoms with Crippen LogP contribution in [0.1, 0.15) is 5.56 Å². The zero-order valence-electron chi connectivity index (χ0n) is 12.6. The van der Waals surface area contributed by atoms with Gasteiger partial charge in [-0.05, 0) is 42.0 Å². The normalized spacial score (nSPS) is 14.4. The van der Waals surface area contributed by atoms with Crippen molar-refractivity contribution >= 4 is 39.0 Å². The molecule has 3 aromatic rings. The molecule has 3 heterocycles. The van der Waals surface area contributed by atoms with Crippen LogP contribution in [0.3, 0.4) is 0 Å². The second-order valence-corrected chi connectivity index (χ2v) is 7.29. The first-order valence-electron chi connectivity index (χ1n) is 7.37. The second kappa shape index (κ2) is 6.33. The maximum Gasteiger partial charge on any atom is 0.271 e. The largest absolute Gasteiger partial charge is 0.334 e. The molecule has 0 saturated heterocycles. The van der Waals surface area contributed by atoms with Gasteiger partial charge in [0.2, 0.25) is 0 Å². The van der Waals surface area contributed by atoms with Crippen molar-refractivity contribution in [1.29, 1.82) is 0 Å². The van der Waals surface area contributed by atoms with Crippen LogP contribution in [0.4, 0.5) is 5.69 Å². The highest BCUT2D eigenvalue weighted by Gasteiger charge is 2.16. The van der Waals surface area contributed by atoms with Crippen LogP contribution < -0.4 is 19.8 Å². The van der Waals surface area contributed by atoms with E-state index < -0.39 is 0 Å². The molecule has 0 saturated carbocycles. The number of nitrogens with zero attached hydrogens (tertiary/aromatic N) is 4.